The first-order valence-corrected chi connectivity index (χ1v) is 10.9. The van der Waals surface area contributed by atoms with Crippen LogP contribution in [0.3, 0.4) is 0 Å². The van der Waals surface area contributed by atoms with Gasteiger partial charge in [0.25, 0.3) is 0 Å². The van der Waals surface area contributed by atoms with Crippen molar-refractivity contribution < 1.29 is 23.1 Å². The van der Waals surface area contributed by atoms with Gasteiger partial charge in [-0.3, -0.25) is 4.79 Å². The highest BCUT2D eigenvalue weighted by Gasteiger charge is 2.18. The number of ether oxygens (including phenoxy) is 2. The molecular weight excluding hydrogens is 448 g/mol. The normalized spacial score (nSPS) is 11.1. The van der Waals surface area contributed by atoms with Gasteiger partial charge in [-0.15, -0.1) is 0 Å². The molecule has 0 aliphatic rings. The van der Waals surface area contributed by atoms with Gasteiger partial charge in [-0.05, 0) is 67.8 Å². The second-order valence-electron chi connectivity index (χ2n) is 8.27. The van der Waals surface area contributed by atoms with Crippen LogP contribution in [0.1, 0.15) is 27.0 Å². The van der Waals surface area contributed by atoms with E-state index in [1.54, 1.807) is 24.3 Å². The topological polar surface area (TPSA) is 95.9 Å². The molecule has 0 amide bonds. The zero-order valence-electron chi connectivity index (χ0n) is 19.2. The highest BCUT2D eigenvalue weighted by molar-refractivity contribution is 5.94. The van der Waals surface area contributed by atoms with Crippen LogP contribution in [-0.2, 0) is 0 Å². The SMILES string of the molecule is Cc1cc(C)c(C)c(Oc2coc3cc(OC(=O)c4cc5ccccc5oc4=O)ccc3c2=O)c1. The fourth-order valence-corrected chi connectivity index (χ4v) is 3.82. The Morgan fingerprint density at radius 1 is 0.857 bits per heavy atom. The van der Waals surface area contributed by atoms with E-state index in [2.05, 4.69) is 0 Å². The summed E-state index contributed by atoms with van der Waals surface area (Å²) in [5.74, 6) is -0.147. The highest BCUT2D eigenvalue weighted by atomic mass is 16.5. The molecule has 0 radical (unpaired) electrons. The molecule has 7 nitrogen and oxygen atoms in total. The van der Waals surface area contributed by atoms with Gasteiger partial charge in [-0.25, -0.2) is 9.59 Å². The Morgan fingerprint density at radius 3 is 2.49 bits per heavy atom. The molecule has 0 aliphatic carbocycles. The summed E-state index contributed by atoms with van der Waals surface area (Å²) in [6.07, 6.45) is 1.23. The molecule has 3 aromatic carbocycles. The zero-order valence-corrected chi connectivity index (χ0v) is 19.2. The van der Waals surface area contributed by atoms with Crippen molar-refractivity contribution >= 4 is 27.9 Å². The number of para-hydroxylation sites is 1. The van der Waals surface area contributed by atoms with Gasteiger partial charge in [0, 0.05) is 11.5 Å². The quantitative estimate of drug-likeness (QED) is 0.186. The molecule has 2 aromatic heterocycles. The van der Waals surface area contributed by atoms with E-state index >= 15 is 0 Å². The summed E-state index contributed by atoms with van der Waals surface area (Å²) in [6.45, 7) is 5.85. The number of rotatable bonds is 4. The largest absolute Gasteiger partial charge is 0.460 e. The molecular formula is C28H20O7. The van der Waals surface area contributed by atoms with Crippen LogP contribution in [-0.4, -0.2) is 5.97 Å². The summed E-state index contributed by atoms with van der Waals surface area (Å²) in [6, 6.07) is 16.5. The summed E-state index contributed by atoms with van der Waals surface area (Å²) in [5, 5.41) is 0.852. The molecule has 0 saturated heterocycles. The first kappa shape index (κ1) is 22.2. The van der Waals surface area contributed by atoms with Crippen LogP contribution >= 0.6 is 0 Å². The second-order valence-corrected chi connectivity index (χ2v) is 8.27. The number of hydrogen-bond acceptors (Lipinski definition) is 7. The summed E-state index contributed by atoms with van der Waals surface area (Å²) < 4.78 is 22.0. The predicted octanol–water partition coefficient (Wildman–Crippen LogP) is 5.84. The van der Waals surface area contributed by atoms with Gasteiger partial charge in [0.1, 0.15) is 34.5 Å². The average molecular weight is 468 g/mol. The molecule has 7 heteroatoms. The molecule has 5 aromatic rings. The molecule has 0 aliphatic heterocycles. The fraction of sp³-hybridized carbons (Fsp3) is 0.107. The van der Waals surface area contributed by atoms with Gasteiger partial charge in [-0.1, -0.05) is 24.3 Å². The lowest BCUT2D eigenvalue weighted by atomic mass is 10.1. The summed E-state index contributed by atoms with van der Waals surface area (Å²) in [7, 11) is 0. The van der Waals surface area contributed by atoms with E-state index in [9.17, 15) is 14.4 Å². The molecule has 2 heterocycles. The highest BCUT2D eigenvalue weighted by Crippen LogP contribution is 2.29. The lowest BCUT2D eigenvalue weighted by molar-refractivity contribution is 0.0730. The van der Waals surface area contributed by atoms with Crippen molar-refractivity contribution in [3.63, 3.8) is 0 Å². The number of fused-ring (bicyclic) bond motifs is 2. The Hall–Kier alpha value is -4.65. The van der Waals surface area contributed by atoms with Crippen molar-refractivity contribution in [1.82, 2.24) is 0 Å². The molecule has 0 saturated carbocycles. The number of hydrogen-bond donors (Lipinski definition) is 0. The number of esters is 1. The first-order valence-electron chi connectivity index (χ1n) is 10.9. The van der Waals surface area contributed by atoms with Crippen molar-refractivity contribution in [2.75, 3.05) is 0 Å². The molecule has 0 bridgehead atoms. The Morgan fingerprint density at radius 2 is 1.66 bits per heavy atom. The fourth-order valence-electron chi connectivity index (χ4n) is 3.82. The maximum atomic E-state index is 13.0. The lowest BCUT2D eigenvalue weighted by Gasteiger charge is -2.12. The van der Waals surface area contributed by atoms with Crippen LogP contribution in [0.4, 0.5) is 0 Å². The van der Waals surface area contributed by atoms with Crippen LogP contribution in [0.25, 0.3) is 21.9 Å². The molecule has 0 fully saturated rings. The third-order valence-electron chi connectivity index (χ3n) is 5.77. The molecule has 5 rings (SSSR count). The van der Waals surface area contributed by atoms with E-state index < -0.39 is 11.6 Å². The van der Waals surface area contributed by atoms with Crippen molar-refractivity contribution in [1.29, 1.82) is 0 Å². The Kier molecular flexibility index (Phi) is 5.45. The lowest BCUT2D eigenvalue weighted by Crippen LogP contribution is -2.18. The predicted molar refractivity (Wildman–Crippen MR) is 131 cm³/mol. The molecule has 0 atom stereocenters. The standard InChI is InChI=1S/C28H20O7/c1-15-10-16(2)17(3)23(11-15)34-25-14-32-24-13-19(8-9-20(24)26(25)29)33-27(30)21-12-18-6-4-5-7-22(18)35-28(21)31/h4-14H,1-3H3. The minimum atomic E-state index is -0.878. The van der Waals surface area contributed by atoms with Crippen molar-refractivity contribution in [3.8, 4) is 17.2 Å². The zero-order chi connectivity index (χ0) is 24.7. The van der Waals surface area contributed by atoms with Crippen molar-refractivity contribution in [2.24, 2.45) is 0 Å². The maximum Gasteiger partial charge on any atom is 0.351 e. The van der Waals surface area contributed by atoms with Crippen LogP contribution < -0.4 is 20.5 Å². The van der Waals surface area contributed by atoms with E-state index in [4.69, 9.17) is 18.3 Å². The van der Waals surface area contributed by atoms with Crippen molar-refractivity contribution in [2.45, 2.75) is 20.8 Å². The van der Waals surface area contributed by atoms with Crippen molar-refractivity contribution in [3.05, 3.63) is 110 Å². The maximum absolute atomic E-state index is 13.0. The summed E-state index contributed by atoms with van der Waals surface area (Å²) in [4.78, 5) is 37.9. The van der Waals surface area contributed by atoms with E-state index in [1.165, 1.54) is 30.5 Å². The van der Waals surface area contributed by atoms with Crippen LogP contribution in [0.2, 0.25) is 0 Å². The van der Waals surface area contributed by atoms with Gasteiger partial charge in [0.2, 0.25) is 11.2 Å². The first-order chi connectivity index (χ1) is 16.8. The average Bonchev–Trinajstić information content (AvgIpc) is 2.83. The van der Waals surface area contributed by atoms with E-state index in [0.717, 1.165) is 16.7 Å². The number of carbonyl (C=O) groups excluding carboxylic acids is 1. The molecule has 35 heavy (non-hydrogen) atoms. The van der Waals surface area contributed by atoms with E-state index in [1.807, 2.05) is 32.9 Å². The smallest absolute Gasteiger partial charge is 0.351 e. The Balaban J connectivity index is 1.44. The van der Waals surface area contributed by atoms with Crippen LogP contribution in [0.5, 0.6) is 17.2 Å². The third kappa shape index (κ3) is 4.19. The Labute approximate surface area is 199 Å². The monoisotopic (exact) mass is 468 g/mol. The number of aryl methyl sites for hydroxylation is 2. The third-order valence-corrected chi connectivity index (χ3v) is 5.77. The summed E-state index contributed by atoms with van der Waals surface area (Å²) in [5.41, 5.74) is 2.17. The Bertz CT molecular complexity index is 1740. The van der Waals surface area contributed by atoms with E-state index in [0.29, 0.717) is 16.7 Å². The number of carbonyl (C=O) groups is 1. The minimum absolute atomic E-state index is 0.0455. The van der Waals surface area contributed by atoms with Gasteiger partial charge in [-0.2, -0.15) is 0 Å². The van der Waals surface area contributed by atoms with Gasteiger partial charge >= 0.3 is 11.6 Å². The van der Waals surface area contributed by atoms with Gasteiger partial charge in [0.15, 0.2) is 0 Å². The molecule has 0 spiro atoms. The molecule has 174 valence electrons. The van der Waals surface area contributed by atoms with Crippen LogP contribution in [0.15, 0.2) is 85.4 Å². The minimum Gasteiger partial charge on any atom is -0.460 e. The molecule has 0 unspecified atom stereocenters. The number of benzene rings is 3. The second kappa shape index (κ2) is 8.61. The van der Waals surface area contributed by atoms with E-state index in [-0.39, 0.29) is 33.5 Å². The van der Waals surface area contributed by atoms with Crippen LogP contribution in [0, 0.1) is 20.8 Å². The van der Waals surface area contributed by atoms with Gasteiger partial charge in [0.05, 0.1) is 5.39 Å². The molecule has 0 N–H and O–H groups in total. The van der Waals surface area contributed by atoms with Gasteiger partial charge < -0.3 is 18.3 Å². The summed E-state index contributed by atoms with van der Waals surface area (Å²) >= 11 is 0.